The predicted octanol–water partition coefficient (Wildman–Crippen LogP) is 2.08. The SMILES string of the molecule is CCS(=O)(=O)Nc1ccc(-c2[nH]nc(Nc3ccccn3)c2C(N)=O)cc1. The number of carbonyl (C=O) groups is 1. The fourth-order valence-electron chi connectivity index (χ4n) is 2.40. The second-order valence-corrected chi connectivity index (χ2v) is 7.62. The molecule has 0 fully saturated rings. The lowest BCUT2D eigenvalue weighted by molar-refractivity contribution is 0.100. The van der Waals surface area contributed by atoms with Gasteiger partial charge in [0.1, 0.15) is 11.4 Å². The summed E-state index contributed by atoms with van der Waals surface area (Å²) in [6.07, 6.45) is 1.61. The molecule has 140 valence electrons. The number of pyridine rings is 1. The van der Waals surface area contributed by atoms with Crippen LogP contribution in [0.1, 0.15) is 17.3 Å². The molecule has 0 spiro atoms. The number of nitrogens with zero attached hydrogens (tertiary/aromatic N) is 2. The summed E-state index contributed by atoms with van der Waals surface area (Å²) in [4.78, 5) is 16.1. The number of carbonyl (C=O) groups excluding carboxylic acids is 1. The van der Waals surface area contributed by atoms with E-state index in [2.05, 4.69) is 25.2 Å². The molecule has 0 bridgehead atoms. The van der Waals surface area contributed by atoms with E-state index < -0.39 is 15.9 Å². The second kappa shape index (κ2) is 7.46. The molecule has 0 aliphatic carbocycles. The Bertz CT molecular complexity index is 1050. The first-order valence-corrected chi connectivity index (χ1v) is 9.72. The van der Waals surface area contributed by atoms with E-state index in [1.807, 2.05) is 0 Å². The average Bonchev–Trinajstić information content (AvgIpc) is 3.07. The van der Waals surface area contributed by atoms with Gasteiger partial charge in [0.25, 0.3) is 5.91 Å². The number of sulfonamides is 1. The van der Waals surface area contributed by atoms with Gasteiger partial charge in [-0.05, 0) is 31.2 Å². The molecule has 0 aliphatic heterocycles. The Labute approximate surface area is 156 Å². The van der Waals surface area contributed by atoms with E-state index >= 15 is 0 Å². The summed E-state index contributed by atoms with van der Waals surface area (Å²) >= 11 is 0. The lowest BCUT2D eigenvalue weighted by atomic mass is 10.1. The molecule has 2 aromatic heterocycles. The van der Waals surface area contributed by atoms with Crippen LogP contribution >= 0.6 is 0 Å². The second-order valence-electron chi connectivity index (χ2n) is 5.61. The van der Waals surface area contributed by atoms with Crippen LogP contribution < -0.4 is 15.8 Å². The van der Waals surface area contributed by atoms with Crippen LogP contribution in [0.15, 0.2) is 48.7 Å². The molecule has 0 aliphatic rings. The monoisotopic (exact) mass is 386 g/mol. The summed E-state index contributed by atoms with van der Waals surface area (Å²) in [7, 11) is -3.36. The van der Waals surface area contributed by atoms with Crippen LogP contribution in [-0.2, 0) is 10.0 Å². The van der Waals surface area contributed by atoms with Gasteiger partial charge in [-0.15, -0.1) is 0 Å². The van der Waals surface area contributed by atoms with Crippen molar-refractivity contribution in [2.24, 2.45) is 5.73 Å². The first kappa shape index (κ1) is 18.4. The zero-order chi connectivity index (χ0) is 19.4. The molecule has 0 saturated heterocycles. The maximum absolute atomic E-state index is 12.0. The Balaban J connectivity index is 1.91. The number of benzene rings is 1. The van der Waals surface area contributed by atoms with Crippen LogP contribution in [0.5, 0.6) is 0 Å². The minimum absolute atomic E-state index is 0.0241. The van der Waals surface area contributed by atoms with Crippen molar-refractivity contribution in [3.63, 3.8) is 0 Å². The lowest BCUT2D eigenvalue weighted by Gasteiger charge is -2.07. The summed E-state index contributed by atoms with van der Waals surface area (Å²) in [6, 6.07) is 11.8. The fraction of sp³-hybridized carbons (Fsp3) is 0.118. The van der Waals surface area contributed by atoms with Gasteiger partial charge in [0.15, 0.2) is 5.82 Å². The van der Waals surface area contributed by atoms with Gasteiger partial charge in [-0.2, -0.15) is 5.10 Å². The number of anilines is 3. The molecule has 2 heterocycles. The van der Waals surface area contributed by atoms with Crippen molar-refractivity contribution >= 4 is 33.3 Å². The van der Waals surface area contributed by atoms with Crippen LogP contribution in [-0.4, -0.2) is 35.3 Å². The van der Waals surface area contributed by atoms with Gasteiger partial charge >= 0.3 is 0 Å². The first-order valence-electron chi connectivity index (χ1n) is 8.07. The number of nitrogens with two attached hydrogens (primary N) is 1. The number of hydrogen-bond acceptors (Lipinski definition) is 6. The van der Waals surface area contributed by atoms with Gasteiger partial charge in [-0.25, -0.2) is 13.4 Å². The smallest absolute Gasteiger partial charge is 0.254 e. The molecule has 3 aromatic rings. The quantitative estimate of drug-likeness (QED) is 0.489. The zero-order valence-electron chi connectivity index (χ0n) is 14.4. The Morgan fingerprint density at radius 1 is 1.19 bits per heavy atom. The summed E-state index contributed by atoms with van der Waals surface area (Å²) in [5, 5.41) is 9.86. The van der Waals surface area contributed by atoms with Crippen molar-refractivity contribution in [3.05, 3.63) is 54.2 Å². The molecule has 0 radical (unpaired) electrons. The predicted molar refractivity (Wildman–Crippen MR) is 103 cm³/mol. The third kappa shape index (κ3) is 4.23. The maximum atomic E-state index is 12.0. The Kier molecular flexibility index (Phi) is 5.08. The zero-order valence-corrected chi connectivity index (χ0v) is 15.2. The van der Waals surface area contributed by atoms with Crippen molar-refractivity contribution in [3.8, 4) is 11.3 Å². The van der Waals surface area contributed by atoms with Crippen LogP contribution in [0.25, 0.3) is 11.3 Å². The van der Waals surface area contributed by atoms with E-state index in [0.717, 1.165) is 0 Å². The number of nitrogens with one attached hydrogen (secondary N) is 3. The van der Waals surface area contributed by atoms with E-state index in [1.54, 1.807) is 55.6 Å². The van der Waals surface area contributed by atoms with Gasteiger partial charge in [0.05, 0.1) is 11.4 Å². The molecule has 27 heavy (non-hydrogen) atoms. The van der Waals surface area contributed by atoms with Crippen LogP contribution in [0.4, 0.5) is 17.3 Å². The van der Waals surface area contributed by atoms with E-state index in [0.29, 0.717) is 22.8 Å². The largest absolute Gasteiger partial charge is 0.365 e. The number of hydrogen-bond donors (Lipinski definition) is 4. The highest BCUT2D eigenvalue weighted by Gasteiger charge is 2.20. The van der Waals surface area contributed by atoms with Crippen LogP contribution in [0.2, 0.25) is 0 Å². The minimum Gasteiger partial charge on any atom is -0.365 e. The van der Waals surface area contributed by atoms with Crippen molar-refractivity contribution < 1.29 is 13.2 Å². The Morgan fingerprint density at radius 3 is 2.52 bits per heavy atom. The highest BCUT2D eigenvalue weighted by molar-refractivity contribution is 7.92. The molecular weight excluding hydrogens is 368 g/mol. The molecule has 1 aromatic carbocycles. The van der Waals surface area contributed by atoms with Gasteiger partial charge < -0.3 is 11.1 Å². The molecular formula is C17H18N6O3S. The van der Waals surface area contributed by atoms with Gasteiger partial charge in [-0.1, -0.05) is 18.2 Å². The summed E-state index contributed by atoms with van der Waals surface area (Å²) in [5.74, 6) is 0.0891. The third-order valence-corrected chi connectivity index (χ3v) is 5.06. The Hall–Kier alpha value is -3.40. The number of H-pyrrole nitrogens is 1. The first-order chi connectivity index (χ1) is 12.9. The fourth-order valence-corrected chi connectivity index (χ4v) is 3.04. The summed E-state index contributed by atoms with van der Waals surface area (Å²) < 4.78 is 25.7. The van der Waals surface area contributed by atoms with Crippen LogP contribution in [0.3, 0.4) is 0 Å². The van der Waals surface area contributed by atoms with E-state index in [9.17, 15) is 13.2 Å². The topological polar surface area (TPSA) is 143 Å². The average molecular weight is 386 g/mol. The lowest BCUT2D eigenvalue weighted by Crippen LogP contribution is -2.14. The molecule has 10 heteroatoms. The third-order valence-electron chi connectivity index (χ3n) is 3.75. The highest BCUT2D eigenvalue weighted by atomic mass is 32.2. The molecule has 5 N–H and O–H groups in total. The highest BCUT2D eigenvalue weighted by Crippen LogP contribution is 2.29. The maximum Gasteiger partial charge on any atom is 0.254 e. The number of rotatable bonds is 7. The van der Waals surface area contributed by atoms with E-state index in [-0.39, 0.29) is 17.1 Å². The molecule has 9 nitrogen and oxygen atoms in total. The van der Waals surface area contributed by atoms with Crippen molar-refractivity contribution in [1.82, 2.24) is 15.2 Å². The number of aromatic nitrogens is 3. The molecule has 0 atom stereocenters. The molecule has 3 rings (SSSR count). The molecule has 1 amide bonds. The van der Waals surface area contributed by atoms with Crippen molar-refractivity contribution in [1.29, 1.82) is 0 Å². The normalized spacial score (nSPS) is 11.1. The summed E-state index contributed by atoms with van der Waals surface area (Å²) in [5.41, 5.74) is 7.19. The number of primary amides is 1. The minimum atomic E-state index is -3.36. The molecule has 0 saturated carbocycles. The standard InChI is InChI=1S/C17H18N6O3S/c1-2-27(25,26)23-12-8-6-11(7-9-12)15-14(16(18)24)17(22-21-15)20-13-5-3-4-10-19-13/h3-10,23H,2H2,1H3,(H2,18,24)(H2,19,20,21,22). The van der Waals surface area contributed by atoms with E-state index in [1.165, 1.54) is 0 Å². The number of aromatic amines is 1. The van der Waals surface area contributed by atoms with Crippen molar-refractivity contribution in [2.75, 3.05) is 15.8 Å². The molecule has 0 unspecified atom stereocenters. The van der Waals surface area contributed by atoms with Crippen molar-refractivity contribution in [2.45, 2.75) is 6.92 Å². The van der Waals surface area contributed by atoms with Gasteiger partial charge in [0.2, 0.25) is 10.0 Å². The van der Waals surface area contributed by atoms with E-state index in [4.69, 9.17) is 5.73 Å². The number of amides is 1. The summed E-state index contributed by atoms with van der Waals surface area (Å²) in [6.45, 7) is 1.55. The van der Waals surface area contributed by atoms with Gasteiger partial charge in [-0.3, -0.25) is 14.6 Å². The Morgan fingerprint density at radius 2 is 1.93 bits per heavy atom. The van der Waals surface area contributed by atoms with Gasteiger partial charge in [0, 0.05) is 17.4 Å². The van der Waals surface area contributed by atoms with Crippen LogP contribution in [0, 0.1) is 0 Å².